The molecule has 84 valence electrons. The molecule has 0 saturated heterocycles. The number of benzene rings is 1. The maximum atomic E-state index is 12.4. The van der Waals surface area contributed by atoms with Crippen molar-refractivity contribution in [3.8, 4) is 0 Å². The van der Waals surface area contributed by atoms with Gasteiger partial charge in [-0.1, -0.05) is 24.3 Å². The van der Waals surface area contributed by atoms with Gasteiger partial charge in [0.05, 0.1) is 12.5 Å². The van der Waals surface area contributed by atoms with E-state index in [1.807, 2.05) is 0 Å². The van der Waals surface area contributed by atoms with Crippen LogP contribution in [0.1, 0.15) is 11.1 Å². The summed E-state index contributed by atoms with van der Waals surface area (Å²) in [6, 6.07) is 6.90. The van der Waals surface area contributed by atoms with E-state index in [1.165, 1.54) is 0 Å². The molecule has 1 N–H and O–H groups in total. The van der Waals surface area contributed by atoms with E-state index in [9.17, 15) is 13.2 Å². The van der Waals surface area contributed by atoms with Gasteiger partial charge in [-0.25, -0.2) is 0 Å². The molecule has 0 radical (unpaired) electrons. The van der Waals surface area contributed by atoms with Crippen molar-refractivity contribution in [3.05, 3.63) is 35.4 Å². The largest absolute Gasteiger partial charge is 0.396 e. The van der Waals surface area contributed by atoms with Crippen LogP contribution < -0.4 is 0 Å². The molecule has 0 amide bonds. The first kappa shape index (κ1) is 12.0. The molecule has 0 aliphatic heterocycles. The topological polar surface area (TPSA) is 20.2 Å². The lowest BCUT2D eigenvalue weighted by Gasteiger charge is -2.18. The molecule has 0 spiro atoms. The maximum absolute atomic E-state index is 12.4. The van der Waals surface area contributed by atoms with Gasteiger partial charge in [0, 0.05) is 0 Å². The molecule has 1 aromatic rings. The molecule has 1 aromatic carbocycles. The van der Waals surface area contributed by atoms with Crippen LogP contribution in [0.15, 0.2) is 24.3 Å². The second kappa shape index (κ2) is 4.66. The van der Waals surface area contributed by atoms with Crippen molar-refractivity contribution >= 4 is 0 Å². The Hall–Kier alpha value is -1.03. The van der Waals surface area contributed by atoms with Gasteiger partial charge in [-0.15, -0.1) is 0 Å². The Morgan fingerprint density at radius 2 is 1.87 bits per heavy atom. The van der Waals surface area contributed by atoms with Crippen molar-refractivity contribution in [2.45, 2.75) is 19.5 Å². The molecular weight excluding hydrogens is 205 g/mol. The number of halogens is 3. The zero-order valence-electron chi connectivity index (χ0n) is 8.38. The maximum Gasteiger partial charge on any atom is 0.394 e. The first-order chi connectivity index (χ1) is 6.95. The van der Waals surface area contributed by atoms with Gasteiger partial charge in [0.15, 0.2) is 0 Å². The Labute approximate surface area is 86.5 Å². The molecular formula is C11H13F3O. The van der Waals surface area contributed by atoms with Gasteiger partial charge in [0.2, 0.25) is 0 Å². The van der Waals surface area contributed by atoms with Crippen LogP contribution in [-0.2, 0) is 6.42 Å². The number of aliphatic hydroxyl groups is 1. The summed E-state index contributed by atoms with van der Waals surface area (Å²) in [5.41, 5.74) is 1.45. The van der Waals surface area contributed by atoms with Gasteiger partial charge in [-0.3, -0.25) is 0 Å². The number of alkyl halides is 3. The molecule has 0 saturated carbocycles. The monoisotopic (exact) mass is 218 g/mol. The van der Waals surface area contributed by atoms with Crippen molar-refractivity contribution in [1.29, 1.82) is 0 Å². The standard InChI is InChI=1S/C11H13F3O/c1-8-4-2-3-5-9(8)6-10(7-15)11(12,13)14/h2-5,10,15H,6-7H2,1H3. The smallest absolute Gasteiger partial charge is 0.394 e. The van der Waals surface area contributed by atoms with Gasteiger partial charge in [-0.2, -0.15) is 13.2 Å². The zero-order valence-corrected chi connectivity index (χ0v) is 8.38. The van der Waals surface area contributed by atoms with Crippen LogP contribution in [0.5, 0.6) is 0 Å². The molecule has 0 aromatic heterocycles. The van der Waals surface area contributed by atoms with Crippen molar-refractivity contribution < 1.29 is 18.3 Å². The predicted octanol–water partition coefficient (Wildman–Crippen LogP) is 2.71. The Morgan fingerprint density at radius 1 is 1.27 bits per heavy atom. The summed E-state index contributed by atoms with van der Waals surface area (Å²) in [5.74, 6) is -1.67. The van der Waals surface area contributed by atoms with Crippen molar-refractivity contribution in [3.63, 3.8) is 0 Å². The fraction of sp³-hybridized carbons (Fsp3) is 0.455. The normalized spacial score (nSPS) is 13.9. The predicted molar refractivity (Wildman–Crippen MR) is 51.5 cm³/mol. The van der Waals surface area contributed by atoms with E-state index in [4.69, 9.17) is 5.11 Å². The third kappa shape index (κ3) is 3.23. The Bertz CT molecular complexity index is 320. The van der Waals surface area contributed by atoms with E-state index in [0.29, 0.717) is 5.56 Å². The lowest BCUT2D eigenvalue weighted by molar-refractivity contribution is -0.183. The van der Waals surface area contributed by atoms with Gasteiger partial charge in [0.1, 0.15) is 0 Å². The number of aryl methyl sites for hydroxylation is 1. The Balaban J connectivity index is 2.80. The van der Waals surface area contributed by atoms with Gasteiger partial charge >= 0.3 is 6.18 Å². The van der Waals surface area contributed by atoms with E-state index >= 15 is 0 Å². The van der Waals surface area contributed by atoms with E-state index in [0.717, 1.165) is 5.56 Å². The van der Waals surface area contributed by atoms with Crippen LogP contribution in [-0.4, -0.2) is 17.9 Å². The van der Waals surface area contributed by atoms with Crippen LogP contribution in [0, 0.1) is 12.8 Å². The van der Waals surface area contributed by atoms with Crippen LogP contribution in [0.25, 0.3) is 0 Å². The SMILES string of the molecule is Cc1ccccc1CC(CO)C(F)(F)F. The second-order valence-corrected chi connectivity index (χ2v) is 3.55. The van der Waals surface area contributed by atoms with Crippen molar-refractivity contribution in [2.24, 2.45) is 5.92 Å². The number of hydrogen-bond donors (Lipinski definition) is 1. The highest BCUT2D eigenvalue weighted by Crippen LogP contribution is 2.29. The number of rotatable bonds is 3. The first-order valence-corrected chi connectivity index (χ1v) is 4.67. The first-order valence-electron chi connectivity index (χ1n) is 4.67. The summed E-state index contributed by atoms with van der Waals surface area (Å²) in [5, 5.41) is 8.69. The number of aliphatic hydroxyl groups excluding tert-OH is 1. The van der Waals surface area contributed by atoms with E-state index in [-0.39, 0.29) is 6.42 Å². The van der Waals surface area contributed by atoms with E-state index in [2.05, 4.69) is 0 Å². The molecule has 4 heteroatoms. The fourth-order valence-corrected chi connectivity index (χ4v) is 1.39. The lowest BCUT2D eigenvalue weighted by atomic mass is 9.96. The summed E-state index contributed by atoms with van der Waals surface area (Å²) < 4.78 is 37.1. The summed E-state index contributed by atoms with van der Waals surface area (Å²) in [6.07, 6.45) is -4.50. The highest BCUT2D eigenvalue weighted by atomic mass is 19.4. The average Bonchev–Trinajstić information content (AvgIpc) is 2.14. The minimum absolute atomic E-state index is 0.160. The lowest BCUT2D eigenvalue weighted by Crippen LogP contribution is -2.28. The highest BCUT2D eigenvalue weighted by molar-refractivity contribution is 5.26. The average molecular weight is 218 g/mol. The summed E-state index contributed by atoms with van der Waals surface area (Å²) in [6.45, 7) is 0.901. The zero-order chi connectivity index (χ0) is 11.5. The van der Waals surface area contributed by atoms with Crippen molar-refractivity contribution in [1.82, 2.24) is 0 Å². The third-order valence-electron chi connectivity index (χ3n) is 2.41. The summed E-state index contributed by atoms with van der Waals surface area (Å²) in [4.78, 5) is 0. The van der Waals surface area contributed by atoms with E-state index < -0.39 is 18.7 Å². The van der Waals surface area contributed by atoms with Gasteiger partial charge < -0.3 is 5.11 Å². The van der Waals surface area contributed by atoms with Crippen LogP contribution in [0.3, 0.4) is 0 Å². The van der Waals surface area contributed by atoms with E-state index in [1.54, 1.807) is 31.2 Å². The summed E-state index contributed by atoms with van der Waals surface area (Å²) >= 11 is 0. The highest BCUT2D eigenvalue weighted by Gasteiger charge is 2.38. The second-order valence-electron chi connectivity index (χ2n) is 3.55. The quantitative estimate of drug-likeness (QED) is 0.827. The minimum atomic E-state index is -4.34. The molecule has 1 rings (SSSR count). The van der Waals surface area contributed by atoms with Gasteiger partial charge in [0.25, 0.3) is 0 Å². The Kier molecular flexibility index (Phi) is 3.74. The molecule has 0 fully saturated rings. The molecule has 0 aliphatic carbocycles. The van der Waals surface area contributed by atoms with Crippen LogP contribution >= 0.6 is 0 Å². The molecule has 15 heavy (non-hydrogen) atoms. The molecule has 0 bridgehead atoms. The van der Waals surface area contributed by atoms with Gasteiger partial charge in [-0.05, 0) is 24.5 Å². The number of hydrogen-bond acceptors (Lipinski definition) is 1. The molecule has 1 atom stereocenters. The van der Waals surface area contributed by atoms with Crippen LogP contribution in [0.4, 0.5) is 13.2 Å². The fourth-order valence-electron chi connectivity index (χ4n) is 1.39. The molecule has 1 nitrogen and oxygen atoms in total. The molecule has 1 unspecified atom stereocenters. The molecule has 0 heterocycles. The summed E-state index contributed by atoms with van der Waals surface area (Å²) in [7, 11) is 0. The van der Waals surface area contributed by atoms with Crippen LogP contribution in [0.2, 0.25) is 0 Å². The Morgan fingerprint density at radius 3 is 2.33 bits per heavy atom. The third-order valence-corrected chi connectivity index (χ3v) is 2.41. The van der Waals surface area contributed by atoms with Crippen molar-refractivity contribution in [2.75, 3.05) is 6.61 Å². The minimum Gasteiger partial charge on any atom is -0.396 e. The molecule has 0 aliphatic rings.